The van der Waals surface area contributed by atoms with E-state index in [-0.39, 0.29) is 0 Å². The van der Waals surface area contributed by atoms with Crippen molar-refractivity contribution in [1.82, 2.24) is 4.90 Å². The minimum atomic E-state index is 0.673. The Kier molecular flexibility index (Phi) is 3.60. The van der Waals surface area contributed by atoms with Gasteiger partial charge in [-0.15, -0.1) is 0 Å². The van der Waals surface area contributed by atoms with Crippen molar-refractivity contribution >= 4 is 0 Å². The SMILES string of the molecule is CC(C)C1=CCC(CN2CCOCC2)=C1. The Morgan fingerprint density at radius 3 is 2.67 bits per heavy atom. The monoisotopic (exact) mass is 207 g/mol. The smallest absolute Gasteiger partial charge is 0.0594 e. The molecule has 1 saturated heterocycles. The van der Waals surface area contributed by atoms with Gasteiger partial charge >= 0.3 is 0 Å². The zero-order valence-corrected chi connectivity index (χ0v) is 9.83. The van der Waals surface area contributed by atoms with Crippen LogP contribution in [0.1, 0.15) is 20.3 Å². The summed E-state index contributed by atoms with van der Waals surface area (Å²) in [6.07, 6.45) is 5.92. The van der Waals surface area contributed by atoms with E-state index < -0.39 is 0 Å². The zero-order valence-electron chi connectivity index (χ0n) is 9.83. The van der Waals surface area contributed by atoms with Gasteiger partial charge in [-0.25, -0.2) is 0 Å². The second kappa shape index (κ2) is 4.95. The van der Waals surface area contributed by atoms with E-state index in [9.17, 15) is 0 Å². The summed E-state index contributed by atoms with van der Waals surface area (Å²) in [5.74, 6) is 0.673. The summed E-state index contributed by atoms with van der Waals surface area (Å²) in [7, 11) is 0. The van der Waals surface area contributed by atoms with Crippen LogP contribution in [0.15, 0.2) is 23.3 Å². The summed E-state index contributed by atoms with van der Waals surface area (Å²) in [6, 6.07) is 0. The van der Waals surface area contributed by atoms with Crippen LogP contribution in [0.3, 0.4) is 0 Å². The van der Waals surface area contributed by atoms with Crippen molar-refractivity contribution < 1.29 is 4.74 Å². The molecule has 0 spiro atoms. The molecule has 2 heteroatoms. The molecule has 2 nitrogen and oxygen atoms in total. The molecule has 0 N–H and O–H groups in total. The Labute approximate surface area is 92.6 Å². The number of hydrogen-bond acceptors (Lipinski definition) is 2. The largest absolute Gasteiger partial charge is 0.379 e. The van der Waals surface area contributed by atoms with Gasteiger partial charge in [0, 0.05) is 19.6 Å². The second-order valence-corrected chi connectivity index (χ2v) is 4.75. The van der Waals surface area contributed by atoms with Gasteiger partial charge in [0.05, 0.1) is 13.2 Å². The first-order chi connectivity index (χ1) is 7.25. The van der Waals surface area contributed by atoms with Crippen LogP contribution in [0.25, 0.3) is 0 Å². The Morgan fingerprint density at radius 2 is 2.07 bits per heavy atom. The third-order valence-electron chi connectivity index (χ3n) is 3.17. The topological polar surface area (TPSA) is 12.5 Å². The van der Waals surface area contributed by atoms with E-state index in [4.69, 9.17) is 4.74 Å². The summed E-state index contributed by atoms with van der Waals surface area (Å²) < 4.78 is 5.35. The number of allylic oxidation sites excluding steroid dienone is 3. The third-order valence-corrected chi connectivity index (χ3v) is 3.17. The second-order valence-electron chi connectivity index (χ2n) is 4.75. The van der Waals surface area contributed by atoms with Crippen molar-refractivity contribution in [3.05, 3.63) is 23.3 Å². The van der Waals surface area contributed by atoms with Gasteiger partial charge in [0.15, 0.2) is 0 Å². The fraction of sp³-hybridized carbons (Fsp3) is 0.692. The van der Waals surface area contributed by atoms with Gasteiger partial charge in [0.2, 0.25) is 0 Å². The molecule has 0 atom stereocenters. The highest BCUT2D eigenvalue weighted by Crippen LogP contribution is 2.24. The van der Waals surface area contributed by atoms with E-state index in [0.717, 1.165) is 39.3 Å². The highest BCUT2D eigenvalue weighted by molar-refractivity contribution is 5.34. The summed E-state index contributed by atoms with van der Waals surface area (Å²) >= 11 is 0. The fourth-order valence-corrected chi connectivity index (χ4v) is 2.16. The van der Waals surface area contributed by atoms with Crippen LogP contribution in [-0.2, 0) is 4.74 Å². The van der Waals surface area contributed by atoms with Crippen LogP contribution in [0.5, 0.6) is 0 Å². The molecule has 2 aliphatic rings. The molecule has 1 aliphatic heterocycles. The Bertz CT molecular complexity index is 272. The average Bonchev–Trinajstić information content (AvgIpc) is 2.68. The highest BCUT2D eigenvalue weighted by Gasteiger charge is 2.15. The Hall–Kier alpha value is -0.600. The molecule has 0 bridgehead atoms. The molecule has 0 aromatic heterocycles. The number of ether oxygens (including phenoxy) is 1. The molecule has 84 valence electrons. The minimum Gasteiger partial charge on any atom is -0.379 e. The number of nitrogens with zero attached hydrogens (tertiary/aromatic N) is 1. The summed E-state index contributed by atoms with van der Waals surface area (Å²) in [6.45, 7) is 9.65. The van der Waals surface area contributed by atoms with Gasteiger partial charge in [0.25, 0.3) is 0 Å². The first-order valence-electron chi connectivity index (χ1n) is 5.95. The molecule has 15 heavy (non-hydrogen) atoms. The van der Waals surface area contributed by atoms with Crippen molar-refractivity contribution in [2.75, 3.05) is 32.8 Å². The number of rotatable bonds is 3. The lowest BCUT2D eigenvalue weighted by atomic mass is 10.1. The maximum absolute atomic E-state index is 5.35. The maximum atomic E-state index is 5.35. The molecule has 0 aromatic carbocycles. The lowest BCUT2D eigenvalue weighted by Crippen LogP contribution is -2.37. The van der Waals surface area contributed by atoms with Gasteiger partial charge in [-0.3, -0.25) is 4.90 Å². The Morgan fingerprint density at radius 1 is 1.33 bits per heavy atom. The Balaban J connectivity index is 1.84. The van der Waals surface area contributed by atoms with Crippen LogP contribution in [-0.4, -0.2) is 37.7 Å². The molecule has 1 fully saturated rings. The van der Waals surface area contributed by atoms with Crippen molar-refractivity contribution in [1.29, 1.82) is 0 Å². The summed E-state index contributed by atoms with van der Waals surface area (Å²) in [5, 5.41) is 0. The first kappa shape index (κ1) is 10.9. The van der Waals surface area contributed by atoms with Gasteiger partial charge in [-0.2, -0.15) is 0 Å². The molecule has 0 amide bonds. The molecule has 0 radical (unpaired) electrons. The quantitative estimate of drug-likeness (QED) is 0.703. The predicted molar refractivity (Wildman–Crippen MR) is 62.9 cm³/mol. The van der Waals surface area contributed by atoms with Gasteiger partial charge in [-0.05, 0) is 17.9 Å². The van der Waals surface area contributed by atoms with E-state index in [1.165, 1.54) is 5.57 Å². The molecular formula is C13H21NO. The molecule has 2 rings (SSSR count). The normalized spacial score (nSPS) is 23.1. The summed E-state index contributed by atoms with van der Waals surface area (Å²) in [4.78, 5) is 2.49. The van der Waals surface area contributed by atoms with E-state index >= 15 is 0 Å². The summed E-state index contributed by atoms with van der Waals surface area (Å²) in [5.41, 5.74) is 3.08. The third kappa shape index (κ3) is 2.93. The van der Waals surface area contributed by atoms with Crippen molar-refractivity contribution in [2.24, 2.45) is 5.92 Å². The molecule has 1 aliphatic carbocycles. The van der Waals surface area contributed by atoms with Crippen LogP contribution in [0, 0.1) is 5.92 Å². The first-order valence-corrected chi connectivity index (χ1v) is 5.95. The van der Waals surface area contributed by atoms with Gasteiger partial charge in [0.1, 0.15) is 0 Å². The van der Waals surface area contributed by atoms with Gasteiger partial charge < -0.3 is 4.74 Å². The van der Waals surface area contributed by atoms with Crippen molar-refractivity contribution in [3.8, 4) is 0 Å². The van der Waals surface area contributed by atoms with E-state index in [0.29, 0.717) is 5.92 Å². The number of morpholine rings is 1. The molecule has 0 saturated carbocycles. The van der Waals surface area contributed by atoms with Crippen LogP contribution in [0.4, 0.5) is 0 Å². The number of hydrogen-bond donors (Lipinski definition) is 0. The fourth-order valence-electron chi connectivity index (χ4n) is 2.16. The van der Waals surface area contributed by atoms with Gasteiger partial charge in [-0.1, -0.05) is 31.6 Å². The maximum Gasteiger partial charge on any atom is 0.0594 e. The predicted octanol–water partition coefficient (Wildman–Crippen LogP) is 2.23. The lowest BCUT2D eigenvalue weighted by Gasteiger charge is -2.26. The van der Waals surface area contributed by atoms with E-state index in [2.05, 4.69) is 30.9 Å². The average molecular weight is 207 g/mol. The lowest BCUT2D eigenvalue weighted by molar-refractivity contribution is 0.0421. The highest BCUT2D eigenvalue weighted by atomic mass is 16.5. The minimum absolute atomic E-state index is 0.673. The molecule has 0 aromatic rings. The van der Waals surface area contributed by atoms with Crippen LogP contribution in [0.2, 0.25) is 0 Å². The molecule has 1 heterocycles. The molecule has 0 unspecified atom stereocenters. The standard InChI is InChI=1S/C13H21NO/c1-11(2)13-4-3-12(9-13)10-14-5-7-15-8-6-14/h4,9,11H,3,5-8,10H2,1-2H3. The van der Waals surface area contributed by atoms with E-state index in [1.807, 2.05) is 0 Å². The van der Waals surface area contributed by atoms with Crippen LogP contribution < -0.4 is 0 Å². The van der Waals surface area contributed by atoms with Crippen molar-refractivity contribution in [3.63, 3.8) is 0 Å². The van der Waals surface area contributed by atoms with E-state index in [1.54, 1.807) is 5.57 Å². The molecular weight excluding hydrogens is 186 g/mol. The zero-order chi connectivity index (χ0) is 10.7. The van der Waals surface area contributed by atoms with Crippen LogP contribution >= 0.6 is 0 Å². The van der Waals surface area contributed by atoms with Crippen molar-refractivity contribution in [2.45, 2.75) is 20.3 Å².